The van der Waals surface area contributed by atoms with Crippen molar-refractivity contribution in [1.82, 2.24) is 10.6 Å². The molecule has 1 unspecified atom stereocenters. The summed E-state index contributed by atoms with van der Waals surface area (Å²) in [5.74, 6) is 0.0790. The van der Waals surface area contributed by atoms with Crippen molar-refractivity contribution in [1.29, 1.82) is 0 Å². The lowest BCUT2D eigenvalue weighted by molar-refractivity contribution is -0.121. The van der Waals surface area contributed by atoms with E-state index in [9.17, 15) is 4.79 Å². The number of carbonyl (C=O) groups excluding carboxylic acids is 1. The van der Waals surface area contributed by atoms with Crippen LogP contribution in [0.1, 0.15) is 39.0 Å². The van der Waals surface area contributed by atoms with Crippen molar-refractivity contribution in [3.05, 3.63) is 0 Å². The molecule has 90 valence electrons. The van der Waals surface area contributed by atoms with Crippen LogP contribution < -0.4 is 10.6 Å². The monoisotopic (exact) mass is 216 g/mol. The summed E-state index contributed by atoms with van der Waals surface area (Å²) in [5.41, 5.74) is 0. The number of hydrogen-bond acceptors (Lipinski definition) is 3. The summed E-state index contributed by atoms with van der Waals surface area (Å²) in [6.07, 6.45) is 4.77. The van der Waals surface area contributed by atoms with Crippen LogP contribution >= 0.6 is 0 Å². The Morgan fingerprint density at radius 1 is 1.27 bits per heavy atom. The fraction of sp³-hybridized carbons (Fsp3) is 0.909. The minimum absolute atomic E-state index is 0.0790. The minimum Gasteiger partial charge on any atom is -0.396 e. The second-order valence-corrected chi connectivity index (χ2v) is 3.87. The van der Waals surface area contributed by atoms with Crippen LogP contribution in [0.3, 0.4) is 0 Å². The summed E-state index contributed by atoms with van der Waals surface area (Å²) in [6.45, 7) is 3.26. The van der Waals surface area contributed by atoms with E-state index in [4.69, 9.17) is 5.11 Å². The van der Waals surface area contributed by atoms with E-state index in [-0.39, 0.29) is 11.9 Å². The second kappa shape index (κ2) is 9.93. The zero-order chi connectivity index (χ0) is 11.5. The molecule has 0 aliphatic heterocycles. The van der Waals surface area contributed by atoms with Gasteiger partial charge < -0.3 is 15.7 Å². The van der Waals surface area contributed by atoms with Gasteiger partial charge in [-0.05, 0) is 26.3 Å². The summed E-state index contributed by atoms with van der Waals surface area (Å²) < 4.78 is 0. The van der Waals surface area contributed by atoms with E-state index in [1.807, 2.05) is 6.92 Å². The lowest BCUT2D eigenvalue weighted by atomic mass is 10.2. The molecule has 0 saturated heterocycles. The third-order valence-corrected chi connectivity index (χ3v) is 2.35. The average Bonchev–Trinajstić information content (AvgIpc) is 2.23. The van der Waals surface area contributed by atoms with Gasteiger partial charge in [0.1, 0.15) is 0 Å². The van der Waals surface area contributed by atoms with Gasteiger partial charge in [-0.15, -0.1) is 0 Å². The zero-order valence-corrected chi connectivity index (χ0v) is 9.88. The van der Waals surface area contributed by atoms with Gasteiger partial charge in [-0.3, -0.25) is 4.79 Å². The van der Waals surface area contributed by atoms with E-state index >= 15 is 0 Å². The molecule has 0 bridgehead atoms. The Bertz CT molecular complexity index is 163. The molecular formula is C11H24N2O2. The fourth-order valence-electron chi connectivity index (χ4n) is 1.39. The van der Waals surface area contributed by atoms with Gasteiger partial charge in [-0.1, -0.05) is 12.8 Å². The maximum Gasteiger partial charge on any atom is 0.221 e. The summed E-state index contributed by atoms with van der Waals surface area (Å²) in [4.78, 5) is 11.0. The number of unbranched alkanes of at least 4 members (excludes halogenated alkanes) is 3. The minimum atomic E-state index is 0.0790. The van der Waals surface area contributed by atoms with Crippen molar-refractivity contribution in [2.75, 3.05) is 20.2 Å². The third kappa shape index (κ3) is 9.69. The van der Waals surface area contributed by atoms with Crippen LogP contribution in [0.4, 0.5) is 0 Å². The maximum absolute atomic E-state index is 11.0. The molecule has 1 atom stereocenters. The number of nitrogens with one attached hydrogen (secondary N) is 2. The van der Waals surface area contributed by atoms with Crippen molar-refractivity contribution >= 4 is 5.91 Å². The van der Waals surface area contributed by atoms with Gasteiger partial charge >= 0.3 is 0 Å². The normalized spacial score (nSPS) is 12.5. The van der Waals surface area contributed by atoms with Crippen LogP contribution in [0.2, 0.25) is 0 Å². The Labute approximate surface area is 92.4 Å². The topological polar surface area (TPSA) is 61.4 Å². The second-order valence-electron chi connectivity index (χ2n) is 3.87. The quantitative estimate of drug-likeness (QED) is 0.496. The standard InChI is InChI=1S/C11H24N2O2/c1-10(9-11(15)12-2)13-7-5-3-4-6-8-14/h10,13-14H,3-9H2,1-2H3,(H,12,15). The summed E-state index contributed by atoms with van der Waals surface area (Å²) in [5, 5.41) is 14.5. The van der Waals surface area contributed by atoms with Crippen molar-refractivity contribution in [3.8, 4) is 0 Å². The van der Waals surface area contributed by atoms with E-state index in [1.54, 1.807) is 7.05 Å². The highest BCUT2D eigenvalue weighted by Crippen LogP contribution is 1.98. The molecule has 0 radical (unpaired) electrons. The first-order chi connectivity index (χ1) is 7.20. The molecule has 0 fully saturated rings. The van der Waals surface area contributed by atoms with E-state index in [0.717, 1.165) is 32.2 Å². The Hall–Kier alpha value is -0.610. The molecule has 4 heteroatoms. The van der Waals surface area contributed by atoms with Crippen LogP contribution in [-0.2, 0) is 4.79 Å². The van der Waals surface area contributed by atoms with Gasteiger partial charge in [0.25, 0.3) is 0 Å². The van der Waals surface area contributed by atoms with Crippen LogP contribution in [-0.4, -0.2) is 37.3 Å². The van der Waals surface area contributed by atoms with Gasteiger partial charge in [-0.2, -0.15) is 0 Å². The summed E-state index contributed by atoms with van der Waals surface area (Å²) >= 11 is 0. The number of rotatable bonds is 9. The van der Waals surface area contributed by atoms with Crippen molar-refractivity contribution in [3.63, 3.8) is 0 Å². The lowest BCUT2D eigenvalue weighted by Crippen LogP contribution is -2.32. The van der Waals surface area contributed by atoms with Gasteiger partial charge in [-0.25, -0.2) is 0 Å². The van der Waals surface area contributed by atoms with Gasteiger partial charge in [0, 0.05) is 26.1 Å². The van der Waals surface area contributed by atoms with Crippen LogP contribution in [0.5, 0.6) is 0 Å². The molecule has 3 N–H and O–H groups in total. The molecule has 0 aliphatic rings. The van der Waals surface area contributed by atoms with Crippen LogP contribution in [0.25, 0.3) is 0 Å². The van der Waals surface area contributed by atoms with Crippen LogP contribution in [0.15, 0.2) is 0 Å². The van der Waals surface area contributed by atoms with E-state index < -0.39 is 0 Å². The van der Waals surface area contributed by atoms with Crippen LogP contribution in [0, 0.1) is 0 Å². The molecule has 0 aromatic rings. The highest BCUT2D eigenvalue weighted by atomic mass is 16.2. The molecule has 15 heavy (non-hydrogen) atoms. The first-order valence-corrected chi connectivity index (χ1v) is 5.75. The predicted molar refractivity (Wildman–Crippen MR) is 61.7 cm³/mol. The number of hydrogen-bond donors (Lipinski definition) is 3. The SMILES string of the molecule is CNC(=O)CC(C)NCCCCCCO. The molecule has 0 rings (SSSR count). The Balaban J connectivity index is 3.23. The fourth-order valence-corrected chi connectivity index (χ4v) is 1.39. The van der Waals surface area contributed by atoms with Gasteiger partial charge in [0.05, 0.1) is 0 Å². The van der Waals surface area contributed by atoms with Gasteiger partial charge in [0.15, 0.2) is 0 Å². The molecule has 0 aromatic carbocycles. The molecule has 0 saturated carbocycles. The highest BCUT2D eigenvalue weighted by molar-refractivity contribution is 5.76. The van der Waals surface area contributed by atoms with E-state index in [0.29, 0.717) is 13.0 Å². The average molecular weight is 216 g/mol. The number of aliphatic hydroxyl groups excluding tert-OH is 1. The number of amides is 1. The predicted octanol–water partition coefficient (Wildman–Crippen LogP) is 0.653. The van der Waals surface area contributed by atoms with E-state index in [1.165, 1.54) is 0 Å². The molecule has 0 aliphatic carbocycles. The molecule has 1 amide bonds. The first-order valence-electron chi connectivity index (χ1n) is 5.75. The Morgan fingerprint density at radius 3 is 2.53 bits per heavy atom. The molecular weight excluding hydrogens is 192 g/mol. The largest absolute Gasteiger partial charge is 0.396 e. The number of aliphatic hydroxyl groups is 1. The molecule has 0 heterocycles. The lowest BCUT2D eigenvalue weighted by Gasteiger charge is -2.12. The molecule has 4 nitrogen and oxygen atoms in total. The van der Waals surface area contributed by atoms with Crippen molar-refractivity contribution < 1.29 is 9.90 Å². The van der Waals surface area contributed by atoms with Crippen molar-refractivity contribution in [2.45, 2.75) is 45.1 Å². The molecule has 0 aromatic heterocycles. The smallest absolute Gasteiger partial charge is 0.221 e. The van der Waals surface area contributed by atoms with Gasteiger partial charge in [0.2, 0.25) is 5.91 Å². The Morgan fingerprint density at radius 2 is 1.93 bits per heavy atom. The van der Waals surface area contributed by atoms with E-state index in [2.05, 4.69) is 10.6 Å². The summed E-state index contributed by atoms with van der Waals surface area (Å²) in [7, 11) is 1.66. The highest BCUT2D eigenvalue weighted by Gasteiger charge is 2.05. The maximum atomic E-state index is 11.0. The first kappa shape index (κ1) is 14.4. The Kier molecular flexibility index (Phi) is 9.52. The number of carbonyl (C=O) groups is 1. The zero-order valence-electron chi connectivity index (χ0n) is 9.88. The third-order valence-electron chi connectivity index (χ3n) is 2.35. The summed E-state index contributed by atoms with van der Waals surface area (Å²) in [6, 6.07) is 0.239. The van der Waals surface area contributed by atoms with Crippen molar-refractivity contribution in [2.24, 2.45) is 0 Å². The molecule has 0 spiro atoms.